The number of aromatic amines is 1. The topological polar surface area (TPSA) is 80.7 Å². The number of rotatable bonds is 0. The summed E-state index contributed by atoms with van der Waals surface area (Å²) in [5.74, 6) is 0.329. The average Bonchev–Trinajstić information content (AvgIpc) is 2.87. The van der Waals surface area contributed by atoms with Gasteiger partial charge in [-0.2, -0.15) is 0 Å². The van der Waals surface area contributed by atoms with Gasteiger partial charge in [0.2, 0.25) is 3.79 Å². The van der Waals surface area contributed by atoms with Gasteiger partial charge in [0.25, 0.3) is 0 Å². The zero-order valence-electron chi connectivity index (χ0n) is 11.5. The van der Waals surface area contributed by atoms with Gasteiger partial charge in [-0.3, -0.25) is 0 Å². The number of nitrogen functional groups attached to an aromatic ring is 2. The van der Waals surface area contributed by atoms with Gasteiger partial charge in [-0.05, 0) is 36.4 Å². The predicted molar refractivity (Wildman–Crippen MR) is 106 cm³/mol. The molecule has 0 aliphatic rings. The molecule has 0 spiro atoms. The molecule has 0 aliphatic heterocycles. The Hall–Kier alpha value is -0.660. The highest BCUT2D eigenvalue weighted by molar-refractivity contribution is 9.10. The first-order valence-electron chi connectivity index (χ1n) is 6.20. The van der Waals surface area contributed by atoms with Crippen molar-refractivity contribution in [3.8, 4) is 0 Å². The third-order valence-corrected chi connectivity index (χ3v) is 4.28. The molecule has 0 radical (unpaired) electrons. The summed E-state index contributed by atoms with van der Waals surface area (Å²) in [5, 5.41) is 0. The lowest BCUT2D eigenvalue weighted by atomic mass is 10.3. The van der Waals surface area contributed by atoms with Gasteiger partial charge in [0.15, 0.2) is 5.82 Å². The molecule has 0 amide bonds. The Morgan fingerprint density at radius 2 is 1.52 bits per heavy atom. The molecule has 2 aromatic carbocycles. The maximum atomic E-state index is 5.70. The zero-order valence-corrected chi connectivity index (χ0v) is 16.9. The average molecular weight is 501 g/mol. The van der Waals surface area contributed by atoms with E-state index in [0.29, 0.717) is 17.2 Å². The van der Waals surface area contributed by atoms with Crippen molar-refractivity contribution in [2.24, 2.45) is 0 Å². The second kappa shape index (κ2) is 7.49. The molecule has 9 heteroatoms. The fraction of sp³-hybridized carbons (Fsp3) is 0.0714. The van der Waals surface area contributed by atoms with Crippen LogP contribution in [0.4, 0.5) is 11.4 Å². The highest BCUT2D eigenvalue weighted by Crippen LogP contribution is 2.37. The lowest BCUT2D eigenvalue weighted by Gasteiger charge is -2.04. The number of nitrogens with one attached hydrogen (secondary N) is 1. The number of hydrogen-bond acceptors (Lipinski definition) is 3. The summed E-state index contributed by atoms with van der Waals surface area (Å²) >= 11 is 23.7. The lowest BCUT2D eigenvalue weighted by molar-refractivity contribution is 1.05. The largest absolute Gasteiger partial charge is 0.397 e. The third kappa shape index (κ3) is 5.16. The Bertz CT molecular complexity index is 830. The summed E-state index contributed by atoms with van der Waals surface area (Å²) in [4.78, 5) is 7.09. The molecule has 0 unspecified atom stereocenters. The summed E-state index contributed by atoms with van der Waals surface area (Å²) in [6.45, 7) is 0. The Balaban J connectivity index is 0.000000185. The van der Waals surface area contributed by atoms with Crippen molar-refractivity contribution < 1.29 is 0 Å². The maximum Gasteiger partial charge on any atom is 0.248 e. The molecule has 0 bridgehead atoms. The van der Waals surface area contributed by atoms with Gasteiger partial charge < -0.3 is 16.5 Å². The van der Waals surface area contributed by atoms with Crippen LogP contribution in [0, 0.1) is 0 Å². The molecule has 0 atom stereocenters. The number of H-pyrrole nitrogens is 1. The predicted octanol–water partition coefficient (Wildman–Crippen LogP) is 5.77. The van der Waals surface area contributed by atoms with Crippen LogP contribution in [0.2, 0.25) is 0 Å². The summed E-state index contributed by atoms with van der Waals surface area (Å²) in [6.07, 6.45) is 0. The van der Waals surface area contributed by atoms with Gasteiger partial charge in [-0.25, -0.2) is 4.98 Å². The molecule has 3 aromatic rings. The fourth-order valence-electron chi connectivity index (χ4n) is 1.66. The van der Waals surface area contributed by atoms with Gasteiger partial charge in [0.1, 0.15) is 0 Å². The van der Waals surface area contributed by atoms with Crippen LogP contribution in [-0.4, -0.2) is 9.97 Å². The standard InChI is InChI=1S/C8H4BrCl3N2.C6H7BrN2/c9-4-1-2-5-6(3-4)14-7(13-5)8(10,11)12;7-4-1-2-5(8)6(9)3-4/h1-3H,(H,13,14);1-3H,8-9H2. The van der Waals surface area contributed by atoms with Crippen molar-refractivity contribution in [3.63, 3.8) is 0 Å². The minimum atomic E-state index is -1.51. The van der Waals surface area contributed by atoms with Crippen molar-refractivity contribution >= 4 is 89.1 Å². The van der Waals surface area contributed by atoms with Crippen LogP contribution < -0.4 is 11.5 Å². The first-order chi connectivity index (χ1) is 10.7. The van der Waals surface area contributed by atoms with Crippen molar-refractivity contribution in [1.82, 2.24) is 9.97 Å². The van der Waals surface area contributed by atoms with Gasteiger partial charge >= 0.3 is 0 Å². The van der Waals surface area contributed by atoms with Gasteiger partial charge in [-0.15, -0.1) is 0 Å². The number of fused-ring (bicyclic) bond motifs is 1. The third-order valence-electron chi connectivity index (χ3n) is 2.76. The van der Waals surface area contributed by atoms with Crippen LogP contribution in [0.15, 0.2) is 45.3 Å². The summed E-state index contributed by atoms with van der Waals surface area (Å²) in [6, 6.07) is 11.0. The molecule has 0 saturated heterocycles. The molecule has 122 valence electrons. The molecule has 1 heterocycles. The number of nitrogens with two attached hydrogens (primary N) is 2. The summed E-state index contributed by atoms with van der Waals surface area (Å²) < 4.78 is 0.393. The van der Waals surface area contributed by atoms with E-state index in [9.17, 15) is 0 Å². The number of alkyl halides is 3. The van der Waals surface area contributed by atoms with E-state index in [1.165, 1.54) is 0 Å². The number of anilines is 2. The second-order valence-electron chi connectivity index (χ2n) is 4.52. The molecular weight excluding hydrogens is 490 g/mol. The first-order valence-corrected chi connectivity index (χ1v) is 8.92. The smallest absolute Gasteiger partial charge is 0.248 e. The molecule has 3 rings (SSSR count). The zero-order chi connectivity index (χ0) is 17.2. The van der Waals surface area contributed by atoms with Crippen LogP contribution in [0.3, 0.4) is 0 Å². The lowest BCUT2D eigenvalue weighted by Crippen LogP contribution is -2.01. The van der Waals surface area contributed by atoms with Crippen molar-refractivity contribution in [1.29, 1.82) is 0 Å². The van der Waals surface area contributed by atoms with Crippen LogP contribution in [0.25, 0.3) is 11.0 Å². The number of nitrogens with zero attached hydrogens (tertiary/aromatic N) is 1. The maximum absolute atomic E-state index is 5.70. The number of benzene rings is 2. The van der Waals surface area contributed by atoms with Gasteiger partial charge in [-0.1, -0.05) is 66.7 Å². The molecule has 23 heavy (non-hydrogen) atoms. The molecular formula is C14H11Br2Cl3N4. The Morgan fingerprint density at radius 1 is 0.913 bits per heavy atom. The number of halogens is 5. The van der Waals surface area contributed by atoms with E-state index in [1.54, 1.807) is 12.1 Å². The first kappa shape index (κ1) is 18.7. The normalized spacial score (nSPS) is 11.2. The van der Waals surface area contributed by atoms with Gasteiger partial charge in [0.05, 0.1) is 22.4 Å². The van der Waals surface area contributed by atoms with Crippen molar-refractivity contribution in [3.05, 3.63) is 51.2 Å². The minimum Gasteiger partial charge on any atom is -0.397 e. The number of imidazole rings is 1. The molecule has 0 fully saturated rings. The van der Waals surface area contributed by atoms with Crippen LogP contribution in [0.5, 0.6) is 0 Å². The molecule has 1 aromatic heterocycles. The monoisotopic (exact) mass is 498 g/mol. The van der Waals surface area contributed by atoms with E-state index in [0.717, 1.165) is 20.0 Å². The van der Waals surface area contributed by atoms with Crippen LogP contribution in [-0.2, 0) is 3.79 Å². The highest BCUT2D eigenvalue weighted by Gasteiger charge is 2.26. The van der Waals surface area contributed by atoms with E-state index in [1.807, 2.05) is 24.3 Å². The van der Waals surface area contributed by atoms with E-state index < -0.39 is 3.79 Å². The Morgan fingerprint density at radius 3 is 2.09 bits per heavy atom. The molecule has 0 aliphatic carbocycles. The van der Waals surface area contributed by atoms with Crippen LogP contribution >= 0.6 is 66.7 Å². The van der Waals surface area contributed by atoms with Gasteiger partial charge in [0, 0.05) is 8.95 Å². The number of hydrogen-bond donors (Lipinski definition) is 3. The minimum absolute atomic E-state index is 0.329. The molecule has 4 nitrogen and oxygen atoms in total. The van der Waals surface area contributed by atoms with E-state index >= 15 is 0 Å². The summed E-state index contributed by atoms with van der Waals surface area (Å²) in [7, 11) is 0. The Kier molecular flexibility index (Phi) is 6.08. The molecule has 5 N–H and O–H groups in total. The Labute approximate surface area is 164 Å². The van der Waals surface area contributed by atoms with E-state index in [-0.39, 0.29) is 0 Å². The fourth-order valence-corrected chi connectivity index (χ4v) is 2.67. The van der Waals surface area contributed by atoms with Crippen molar-refractivity contribution in [2.45, 2.75) is 3.79 Å². The van der Waals surface area contributed by atoms with E-state index in [2.05, 4.69) is 41.8 Å². The quantitative estimate of drug-likeness (QED) is 0.271. The number of aromatic nitrogens is 2. The molecule has 0 saturated carbocycles. The second-order valence-corrected chi connectivity index (χ2v) is 8.63. The van der Waals surface area contributed by atoms with Crippen molar-refractivity contribution in [2.75, 3.05) is 11.5 Å². The summed E-state index contributed by atoms with van der Waals surface area (Å²) in [5.41, 5.74) is 13.8. The highest BCUT2D eigenvalue weighted by atomic mass is 79.9. The van der Waals surface area contributed by atoms with Crippen LogP contribution in [0.1, 0.15) is 5.82 Å². The SMILES string of the molecule is ClC(Cl)(Cl)c1nc2ccc(Br)cc2[nH]1.Nc1ccc(Br)cc1N. The van der Waals surface area contributed by atoms with E-state index in [4.69, 9.17) is 46.3 Å².